The molecule has 0 saturated heterocycles. The van der Waals surface area contributed by atoms with Gasteiger partial charge in [0, 0.05) is 29.7 Å². The predicted octanol–water partition coefficient (Wildman–Crippen LogP) is 2.63. The summed E-state index contributed by atoms with van der Waals surface area (Å²) in [5, 5.41) is 1.30. The number of fused-ring (bicyclic) bond motifs is 2. The highest BCUT2D eigenvalue weighted by atomic mass is 35.5. The van der Waals surface area contributed by atoms with E-state index in [1.807, 2.05) is 0 Å². The van der Waals surface area contributed by atoms with Crippen LogP contribution in [-0.4, -0.2) is 42.6 Å². The zero-order valence-corrected chi connectivity index (χ0v) is 13.4. The van der Waals surface area contributed by atoms with Gasteiger partial charge >= 0.3 is 5.97 Å². The zero-order valence-electron chi connectivity index (χ0n) is 12.6. The van der Waals surface area contributed by atoms with Crippen molar-refractivity contribution in [3.8, 4) is 0 Å². The fourth-order valence-corrected chi connectivity index (χ4v) is 3.75. The number of hydrogen-bond acceptors (Lipinski definition) is 3. The molecule has 2 atom stereocenters. The van der Waals surface area contributed by atoms with Crippen molar-refractivity contribution < 1.29 is 9.53 Å². The minimum Gasteiger partial charge on any atom is -0.469 e. The van der Waals surface area contributed by atoms with Gasteiger partial charge in [-0.3, -0.25) is 9.69 Å². The number of hydrogen-bond donors (Lipinski definition) is 1. The van der Waals surface area contributed by atoms with Crippen LogP contribution in [0.2, 0.25) is 0 Å². The molecule has 4 rings (SSSR count). The van der Waals surface area contributed by atoms with Crippen LogP contribution in [0.3, 0.4) is 0 Å². The van der Waals surface area contributed by atoms with E-state index in [-0.39, 0.29) is 24.3 Å². The molecule has 0 unspecified atom stereocenters. The van der Waals surface area contributed by atoms with E-state index in [4.69, 9.17) is 4.74 Å². The topological polar surface area (TPSA) is 45.3 Å². The Morgan fingerprint density at radius 1 is 1.41 bits per heavy atom. The van der Waals surface area contributed by atoms with E-state index in [0.717, 1.165) is 13.0 Å². The number of H-pyrrole nitrogens is 1. The molecule has 22 heavy (non-hydrogen) atoms. The van der Waals surface area contributed by atoms with Gasteiger partial charge in [0.2, 0.25) is 0 Å². The Kier molecular flexibility index (Phi) is 3.75. The first-order valence-electron chi connectivity index (χ1n) is 7.28. The Morgan fingerprint density at radius 3 is 3.00 bits per heavy atom. The number of nitrogens with zero attached hydrogens (tertiary/aromatic N) is 1. The van der Waals surface area contributed by atoms with Gasteiger partial charge in [0.05, 0.1) is 13.0 Å². The van der Waals surface area contributed by atoms with Crippen LogP contribution in [0, 0.1) is 5.92 Å². The molecule has 4 nitrogen and oxygen atoms in total. The van der Waals surface area contributed by atoms with Gasteiger partial charge in [-0.1, -0.05) is 18.2 Å². The number of carbonyl (C=O) groups is 1. The Morgan fingerprint density at radius 2 is 2.23 bits per heavy atom. The maximum atomic E-state index is 11.9. The van der Waals surface area contributed by atoms with Crippen LogP contribution >= 0.6 is 12.4 Å². The van der Waals surface area contributed by atoms with Crippen LogP contribution in [0.15, 0.2) is 30.5 Å². The monoisotopic (exact) mass is 318 g/mol. The molecule has 1 aromatic carbocycles. The number of ether oxygens (including phenoxy) is 1. The molecule has 0 spiro atoms. The summed E-state index contributed by atoms with van der Waals surface area (Å²) in [5.74, 6) is -0.332. The predicted molar refractivity (Wildman–Crippen MR) is 89.2 cm³/mol. The quantitative estimate of drug-likeness (QED) is 0.822. The van der Waals surface area contributed by atoms with Crippen molar-refractivity contribution in [3.63, 3.8) is 0 Å². The number of benzene rings is 1. The second-order valence-corrected chi connectivity index (χ2v) is 5.95. The number of methoxy groups -OCH3 is 1. The summed E-state index contributed by atoms with van der Waals surface area (Å²) in [6.07, 6.45) is 5.22. The van der Waals surface area contributed by atoms with E-state index in [1.165, 1.54) is 34.7 Å². The lowest BCUT2D eigenvalue weighted by Crippen LogP contribution is -2.44. The Labute approximate surface area is 135 Å². The van der Waals surface area contributed by atoms with Crippen molar-refractivity contribution >= 4 is 34.9 Å². The van der Waals surface area contributed by atoms with Crippen molar-refractivity contribution in [1.29, 1.82) is 0 Å². The first-order chi connectivity index (χ1) is 10.2. The van der Waals surface area contributed by atoms with Crippen LogP contribution in [0.25, 0.3) is 16.5 Å². The highest BCUT2D eigenvalue weighted by Gasteiger charge is 2.35. The van der Waals surface area contributed by atoms with Gasteiger partial charge in [-0.05, 0) is 36.2 Å². The van der Waals surface area contributed by atoms with Crippen molar-refractivity contribution in [2.24, 2.45) is 5.92 Å². The molecule has 5 heteroatoms. The van der Waals surface area contributed by atoms with Gasteiger partial charge in [-0.15, -0.1) is 12.4 Å². The fraction of sp³-hybridized carbons (Fsp3) is 0.353. The fourth-order valence-electron chi connectivity index (χ4n) is 3.75. The normalized spacial score (nSPS) is 23.5. The van der Waals surface area contributed by atoms with E-state index in [2.05, 4.69) is 47.4 Å². The van der Waals surface area contributed by atoms with E-state index in [0.29, 0.717) is 6.04 Å². The SMILES string of the molecule is COC(=O)[C@@H]1C=C2c3cccc4[nH]cc(c34)C[C@H]2N(C)C1.Cl. The highest BCUT2D eigenvalue weighted by Crippen LogP contribution is 2.40. The molecule has 0 radical (unpaired) electrons. The lowest BCUT2D eigenvalue weighted by Gasteiger charge is -2.39. The number of nitrogens with one attached hydrogen (secondary N) is 1. The minimum absolute atomic E-state index is 0. The zero-order chi connectivity index (χ0) is 14.6. The second kappa shape index (κ2) is 5.45. The van der Waals surface area contributed by atoms with Crippen molar-refractivity contribution in [3.05, 3.63) is 41.6 Å². The lowest BCUT2D eigenvalue weighted by atomic mass is 9.80. The van der Waals surface area contributed by atoms with E-state index >= 15 is 0 Å². The third-order valence-corrected chi connectivity index (χ3v) is 4.77. The molecular formula is C17H19ClN2O2. The van der Waals surface area contributed by atoms with Crippen LogP contribution in [-0.2, 0) is 16.0 Å². The van der Waals surface area contributed by atoms with Gasteiger partial charge in [-0.25, -0.2) is 0 Å². The first kappa shape index (κ1) is 15.1. The summed E-state index contributed by atoms with van der Waals surface area (Å²) in [6.45, 7) is 0.719. The number of likely N-dealkylation sites (N-methyl/N-ethyl adjacent to an activating group) is 1. The molecule has 0 amide bonds. The molecule has 1 aliphatic heterocycles. The summed E-state index contributed by atoms with van der Waals surface area (Å²) in [7, 11) is 3.55. The van der Waals surface area contributed by atoms with Crippen LogP contribution in [0.1, 0.15) is 11.1 Å². The standard InChI is InChI=1S/C17H18N2O2.ClH/c1-19-9-11(17(20)21-2)6-13-12-4-3-5-14-16(12)10(8-18-14)7-15(13)19;/h3-6,8,11,15,18H,7,9H2,1-2H3;1H/t11-,15-;/m1./s1. The number of aromatic amines is 1. The van der Waals surface area contributed by atoms with Gasteiger partial charge in [-0.2, -0.15) is 0 Å². The van der Waals surface area contributed by atoms with Gasteiger partial charge < -0.3 is 9.72 Å². The number of esters is 1. The smallest absolute Gasteiger partial charge is 0.313 e. The number of carbonyl (C=O) groups excluding carboxylic acids is 1. The van der Waals surface area contributed by atoms with Gasteiger partial charge in [0.25, 0.3) is 0 Å². The third-order valence-electron chi connectivity index (χ3n) is 4.77. The average Bonchev–Trinajstić information content (AvgIpc) is 2.92. The van der Waals surface area contributed by atoms with E-state index in [1.54, 1.807) is 0 Å². The molecule has 0 fully saturated rings. The van der Waals surface area contributed by atoms with E-state index < -0.39 is 0 Å². The maximum Gasteiger partial charge on any atom is 0.313 e. The van der Waals surface area contributed by atoms with Crippen molar-refractivity contribution in [2.75, 3.05) is 20.7 Å². The van der Waals surface area contributed by atoms with Crippen molar-refractivity contribution in [1.82, 2.24) is 9.88 Å². The lowest BCUT2D eigenvalue weighted by molar-refractivity contribution is -0.144. The second-order valence-electron chi connectivity index (χ2n) is 5.95. The molecule has 116 valence electrons. The molecule has 0 saturated carbocycles. The van der Waals surface area contributed by atoms with Crippen LogP contribution < -0.4 is 0 Å². The molecule has 2 aliphatic rings. The molecule has 2 heterocycles. The largest absolute Gasteiger partial charge is 0.469 e. The maximum absolute atomic E-state index is 11.9. The highest BCUT2D eigenvalue weighted by molar-refractivity contribution is 5.99. The summed E-state index contributed by atoms with van der Waals surface area (Å²) >= 11 is 0. The third kappa shape index (κ3) is 2.06. The Bertz CT molecular complexity index is 765. The Balaban J connectivity index is 0.00000144. The molecule has 1 aromatic heterocycles. The Hall–Kier alpha value is -1.78. The average molecular weight is 319 g/mol. The molecule has 1 N–H and O–H groups in total. The van der Waals surface area contributed by atoms with E-state index in [9.17, 15) is 4.79 Å². The minimum atomic E-state index is -0.179. The van der Waals surface area contributed by atoms with Crippen LogP contribution in [0.5, 0.6) is 0 Å². The number of halogens is 1. The number of rotatable bonds is 1. The van der Waals surface area contributed by atoms with Gasteiger partial charge in [0.1, 0.15) is 0 Å². The van der Waals surface area contributed by atoms with Gasteiger partial charge in [0.15, 0.2) is 0 Å². The van der Waals surface area contributed by atoms with Crippen molar-refractivity contribution in [2.45, 2.75) is 12.5 Å². The van der Waals surface area contributed by atoms with Crippen LogP contribution in [0.4, 0.5) is 0 Å². The number of aromatic nitrogens is 1. The summed E-state index contributed by atoms with van der Waals surface area (Å²) < 4.78 is 4.93. The summed E-state index contributed by atoms with van der Waals surface area (Å²) in [4.78, 5) is 17.5. The molecular weight excluding hydrogens is 300 g/mol. The first-order valence-corrected chi connectivity index (χ1v) is 7.28. The summed E-state index contributed by atoms with van der Waals surface area (Å²) in [5.41, 5.74) is 5.05. The molecule has 1 aliphatic carbocycles. The summed E-state index contributed by atoms with van der Waals surface area (Å²) in [6, 6.07) is 6.68. The molecule has 2 aromatic rings. The molecule has 0 bridgehead atoms.